The number of anilines is 1. The van der Waals surface area contributed by atoms with Crippen molar-refractivity contribution in [3.8, 4) is 17.9 Å². The topological polar surface area (TPSA) is 96.7 Å². The number of nitrogens with one attached hydrogen (secondary N) is 1. The molecule has 0 spiro atoms. The van der Waals surface area contributed by atoms with Crippen LogP contribution in [0.15, 0.2) is 36.5 Å². The van der Waals surface area contributed by atoms with Crippen LogP contribution in [0.5, 0.6) is 0 Å². The molecule has 1 heterocycles. The number of benzene rings is 1. The summed E-state index contributed by atoms with van der Waals surface area (Å²) in [6.45, 7) is 12.3. The lowest BCUT2D eigenvalue weighted by Gasteiger charge is -2.27. The predicted molar refractivity (Wildman–Crippen MR) is 150 cm³/mol. The second kappa shape index (κ2) is 18.7. The van der Waals surface area contributed by atoms with Crippen molar-refractivity contribution in [2.24, 2.45) is 0 Å². The number of rotatable bonds is 13. The molecule has 0 saturated heterocycles. The Labute approximate surface area is 232 Å². The molecule has 0 aliphatic heterocycles. The minimum absolute atomic E-state index is 0.196. The smallest absolute Gasteiger partial charge is 0.293 e. The first-order valence-corrected chi connectivity index (χ1v) is 13.0. The molecule has 1 unspecified atom stereocenters. The minimum Gasteiger partial charge on any atom is -0.462 e. The largest absolute Gasteiger partial charge is 0.462 e. The minimum atomic E-state index is -0.406. The van der Waals surface area contributed by atoms with Gasteiger partial charge in [0, 0.05) is 26.1 Å². The zero-order chi connectivity index (χ0) is 29.1. The van der Waals surface area contributed by atoms with Gasteiger partial charge in [-0.05, 0) is 70.5 Å². The molecular formula is C30H41FN4O4. The van der Waals surface area contributed by atoms with Crippen LogP contribution in [0, 0.1) is 29.0 Å². The number of nitriles is 1. The van der Waals surface area contributed by atoms with Crippen molar-refractivity contribution in [3.63, 3.8) is 0 Å². The quantitative estimate of drug-likeness (QED) is 0.224. The van der Waals surface area contributed by atoms with E-state index in [4.69, 9.17) is 14.7 Å². The molecule has 1 atom stereocenters. The highest BCUT2D eigenvalue weighted by molar-refractivity contribution is 5.46. The van der Waals surface area contributed by atoms with E-state index in [2.05, 4.69) is 31.8 Å². The van der Waals surface area contributed by atoms with Gasteiger partial charge in [0.25, 0.3) is 6.47 Å². The van der Waals surface area contributed by atoms with E-state index in [1.165, 1.54) is 0 Å². The van der Waals surface area contributed by atoms with E-state index in [0.717, 1.165) is 11.3 Å². The third kappa shape index (κ3) is 14.3. The normalized spacial score (nSPS) is 11.2. The molecule has 2 rings (SSSR count). The molecule has 0 bridgehead atoms. The Bertz CT molecular complexity index is 1090. The molecule has 8 nitrogen and oxygen atoms in total. The van der Waals surface area contributed by atoms with Gasteiger partial charge in [0.1, 0.15) is 29.8 Å². The summed E-state index contributed by atoms with van der Waals surface area (Å²) in [6.07, 6.45) is 2.50. The SMILES string of the molecule is CC(C)(C)OC=O.CCOC(CCN(Cc1ccc(CC)c(F)c1)c1ccc(C#N)nc1)OCC#CCNC. The number of hydrogen-bond donors (Lipinski definition) is 1. The fourth-order valence-electron chi connectivity index (χ4n) is 3.28. The summed E-state index contributed by atoms with van der Waals surface area (Å²) >= 11 is 0. The molecule has 39 heavy (non-hydrogen) atoms. The van der Waals surface area contributed by atoms with E-state index in [0.29, 0.717) is 56.8 Å². The first kappa shape index (κ1) is 33.5. The maximum Gasteiger partial charge on any atom is 0.293 e. The van der Waals surface area contributed by atoms with Crippen molar-refractivity contribution < 1.29 is 23.4 Å². The van der Waals surface area contributed by atoms with E-state index in [1.54, 1.807) is 18.3 Å². The average Bonchev–Trinajstić information content (AvgIpc) is 2.90. The molecule has 0 aliphatic carbocycles. The maximum atomic E-state index is 14.3. The van der Waals surface area contributed by atoms with Gasteiger partial charge in [0.15, 0.2) is 6.29 Å². The van der Waals surface area contributed by atoms with Gasteiger partial charge in [-0.2, -0.15) is 5.26 Å². The first-order valence-electron chi connectivity index (χ1n) is 13.0. The Hall–Kier alpha value is -3.50. The van der Waals surface area contributed by atoms with Crippen LogP contribution in [0.1, 0.15) is 57.9 Å². The van der Waals surface area contributed by atoms with Crippen LogP contribution in [-0.4, -0.2) is 56.7 Å². The van der Waals surface area contributed by atoms with E-state index in [1.807, 2.05) is 65.9 Å². The van der Waals surface area contributed by atoms with Gasteiger partial charge >= 0.3 is 0 Å². The summed E-state index contributed by atoms with van der Waals surface area (Å²) in [5.41, 5.74) is 2.43. The predicted octanol–water partition coefficient (Wildman–Crippen LogP) is 4.61. The molecule has 0 saturated carbocycles. The van der Waals surface area contributed by atoms with Crippen molar-refractivity contribution in [1.82, 2.24) is 10.3 Å². The molecule has 212 valence electrons. The molecule has 2 aromatic rings. The second-order valence-corrected chi connectivity index (χ2v) is 9.41. The summed E-state index contributed by atoms with van der Waals surface area (Å²) < 4.78 is 30.4. The maximum absolute atomic E-state index is 14.3. The van der Waals surface area contributed by atoms with Gasteiger partial charge in [0.05, 0.1) is 18.4 Å². The summed E-state index contributed by atoms with van der Waals surface area (Å²) in [5, 5.41) is 12.0. The van der Waals surface area contributed by atoms with Crippen LogP contribution in [-0.2, 0) is 32.0 Å². The number of halogens is 1. The molecule has 0 radical (unpaired) electrons. The summed E-state index contributed by atoms with van der Waals surface area (Å²) in [5.74, 6) is 5.72. The Morgan fingerprint density at radius 1 is 1.18 bits per heavy atom. The van der Waals surface area contributed by atoms with Crippen LogP contribution in [0.4, 0.5) is 10.1 Å². The van der Waals surface area contributed by atoms with Gasteiger partial charge in [0.2, 0.25) is 0 Å². The van der Waals surface area contributed by atoms with Crippen LogP contribution in [0.25, 0.3) is 0 Å². The van der Waals surface area contributed by atoms with Gasteiger partial charge in [-0.25, -0.2) is 9.37 Å². The molecule has 0 fully saturated rings. The van der Waals surface area contributed by atoms with Crippen LogP contribution in [0.2, 0.25) is 0 Å². The Morgan fingerprint density at radius 2 is 1.95 bits per heavy atom. The molecule has 1 aromatic carbocycles. The zero-order valence-corrected chi connectivity index (χ0v) is 23.9. The highest BCUT2D eigenvalue weighted by Crippen LogP contribution is 2.20. The third-order valence-electron chi connectivity index (χ3n) is 5.22. The summed E-state index contributed by atoms with van der Waals surface area (Å²) in [4.78, 5) is 15.9. The van der Waals surface area contributed by atoms with Gasteiger partial charge in [-0.3, -0.25) is 4.79 Å². The Morgan fingerprint density at radius 3 is 2.46 bits per heavy atom. The number of aromatic nitrogens is 1. The summed E-state index contributed by atoms with van der Waals surface area (Å²) in [6, 6.07) is 10.9. The fourth-order valence-corrected chi connectivity index (χ4v) is 3.28. The molecule has 9 heteroatoms. The number of carbonyl (C=O) groups is 1. The average molecular weight is 541 g/mol. The lowest BCUT2D eigenvalue weighted by Crippen LogP contribution is -2.29. The van der Waals surface area contributed by atoms with E-state index < -0.39 is 6.29 Å². The van der Waals surface area contributed by atoms with E-state index in [9.17, 15) is 9.18 Å². The lowest BCUT2D eigenvalue weighted by molar-refractivity contribution is -0.138. The van der Waals surface area contributed by atoms with Crippen LogP contribution in [0.3, 0.4) is 0 Å². The standard InChI is InChI=1S/C25H31FN4O2.C5H10O2/c1-4-21-9-8-20(16-24(21)26)19-30(23-11-10-22(17-27)29-18-23)14-12-25(31-5-2)32-15-7-6-13-28-3;1-5(2,3)7-4-6/h8-11,16,18,25,28H,4-5,12-15,19H2,1-3H3;4H,1-3H3. The van der Waals surface area contributed by atoms with E-state index in [-0.39, 0.29) is 18.0 Å². The first-order chi connectivity index (χ1) is 18.7. The van der Waals surface area contributed by atoms with E-state index >= 15 is 0 Å². The molecule has 0 amide bonds. The highest BCUT2D eigenvalue weighted by Gasteiger charge is 2.15. The van der Waals surface area contributed by atoms with Gasteiger partial charge in [-0.15, -0.1) is 0 Å². The number of aryl methyl sites for hydroxylation is 1. The van der Waals surface area contributed by atoms with Crippen molar-refractivity contribution in [2.75, 3.05) is 38.3 Å². The van der Waals surface area contributed by atoms with Crippen molar-refractivity contribution in [3.05, 3.63) is 59.2 Å². The number of pyridine rings is 1. The Balaban J connectivity index is 0.000000956. The number of ether oxygens (including phenoxy) is 3. The van der Waals surface area contributed by atoms with Crippen molar-refractivity contribution in [1.29, 1.82) is 5.26 Å². The fraction of sp³-hybridized carbons (Fsp3) is 0.500. The lowest BCUT2D eigenvalue weighted by atomic mass is 10.1. The number of nitrogens with zero attached hydrogens (tertiary/aromatic N) is 3. The number of hydrogen-bond acceptors (Lipinski definition) is 8. The van der Waals surface area contributed by atoms with Crippen molar-refractivity contribution >= 4 is 12.2 Å². The monoisotopic (exact) mass is 540 g/mol. The van der Waals surface area contributed by atoms with Crippen LogP contribution >= 0.6 is 0 Å². The molecule has 0 aliphatic rings. The number of carbonyl (C=O) groups excluding carboxylic acids is 1. The summed E-state index contributed by atoms with van der Waals surface area (Å²) in [7, 11) is 1.84. The van der Waals surface area contributed by atoms with Gasteiger partial charge < -0.3 is 24.4 Å². The van der Waals surface area contributed by atoms with Gasteiger partial charge in [-0.1, -0.05) is 30.9 Å². The van der Waals surface area contributed by atoms with Crippen molar-refractivity contribution in [2.45, 2.75) is 65.9 Å². The zero-order valence-electron chi connectivity index (χ0n) is 23.9. The second-order valence-electron chi connectivity index (χ2n) is 9.41. The third-order valence-corrected chi connectivity index (χ3v) is 5.22. The molecule has 1 N–H and O–H groups in total. The molecule has 1 aromatic heterocycles. The highest BCUT2D eigenvalue weighted by atomic mass is 19.1. The molecular weight excluding hydrogens is 499 g/mol. The van der Waals surface area contributed by atoms with Crippen LogP contribution < -0.4 is 10.2 Å². The Kier molecular flexibility index (Phi) is 16.1.